The van der Waals surface area contributed by atoms with Crippen LogP contribution in [0.2, 0.25) is 0 Å². The first-order valence-corrected chi connectivity index (χ1v) is 6.49. The van der Waals surface area contributed by atoms with E-state index in [1.807, 2.05) is 6.92 Å². The molecule has 1 aliphatic heterocycles. The molecule has 0 radical (unpaired) electrons. The minimum absolute atomic E-state index is 0.148. The molecule has 112 valence electrons. The van der Waals surface area contributed by atoms with Crippen LogP contribution in [-0.4, -0.2) is 18.8 Å². The molecule has 2 nitrogen and oxygen atoms in total. The maximum Gasteiger partial charge on any atom is 0.419 e. The first kappa shape index (κ1) is 15.3. The molecule has 0 amide bonds. The topological polar surface area (TPSA) is 21.3 Å². The van der Waals surface area contributed by atoms with Crippen molar-refractivity contribution in [2.24, 2.45) is 0 Å². The highest BCUT2D eigenvalue weighted by Gasteiger charge is 2.34. The molecule has 1 aliphatic rings. The Morgan fingerprint density at radius 3 is 2.50 bits per heavy atom. The molecule has 1 heterocycles. The van der Waals surface area contributed by atoms with Gasteiger partial charge in [-0.1, -0.05) is 6.07 Å². The summed E-state index contributed by atoms with van der Waals surface area (Å²) in [7, 11) is 0. The van der Waals surface area contributed by atoms with E-state index in [1.165, 1.54) is 6.07 Å². The largest absolute Gasteiger partial charge is 0.419 e. The molecule has 20 heavy (non-hydrogen) atoms. The minimum atomic E-state index is -4.66. The molecular formula is C14H17F4NO. The van der Waals surface area contributed by atoms with Crippen LogP contribution in [0.3, 0.4) is 0 Å². The van der Waals surface area contributed by atoms with Crippen molar-refractivity contribution in [2.75, 3.05) is 13.2 Å². The second kappa shape index (κ2) is 5.69. The summed E-state index contributed by atoms with van der Waals surface area (Å²) in [5.41, 5.74) is -0.939. The molecule has 1 aromatic carbocycles. The van der Waals surface area contributed by atoms with Crippen LogP contribution in [0, 0.1) is 5.82 Å². The summed E-state index contributed by atoms with van der Waals surface area (Å²) in [6.07, 6.45) is -3.05. The Labute approximate surface area is 115 Å². The Hall–Kier alpha value is -1.14. The lowest BCUT2D eigenvalue weighted by Gasteiger charge is -2.34. The average Bonchev–Trinajstić information content (AvgIpc) is 2.37. The van der Waals surface area contributed by atoms with Gasteiger partial charge in [0, 0.05) is 25.3 Å². The molecule has 1 aromatic rings. The molecule has 0 atom stereocenters. The molecule has 0 saturated carbocycles. The molecular weight excluding hydrogens is 274 g/mol. The predicted molar refractivity (Wildman–Crippen MR) is 66.7 cm³/mol. The minimum Gasteiger partial charge on any atom is -0.381 e. The van der Waals surface area contributed by atoms with Gasteiger partial charge in [0.25, 0.3) is 0 Å². The second-order valence-electron chi connectivity index (χ2n) is 5.34. The first-order valence-electron chi connectivity index (χ1n) is 6.49. The third-order valence-corrected chi connectivity index (χ3v) is 3.65. The fourth-order valence-electron chi connectivity index (χ4n) is 2.21. The van der Waals surface area contributed by atoms with Crippen molar-refractivity contribution in [2.45, 2.75) is 38.0 Å². The molecule has 2 rings (SSSR count). The van der Waals surface area contributed by atoms with Crippen LogP contribution in [0.15, 0.2) is 18.2 Å². The number of rotatable bonds is 3. The van der Waals surface area contributed by atoms with Gasteiger partial charge < -0.3 is 10.1 Å². The standard InChI is InChI=1S/C14H17F4NO/c1-13(4-6-20-7-5-13)19-9-10-2-3-12(15)11(8-10)14(16,17)18/h2-3,8,19H,4-7,9H2,1H3. The Balaban J connectivity index is 2.06. The van der Waals surface area contributed by atoms with Gasteiger partial charge in [0.05, 0.1) is 5.56 Å². The zero-order valence-electron chi connectivity index (χ0n) is 11.2. The summed E-state index contributed by atoms with van der Waals surface area (Å²) in [4.78, 5) is 0. The van der Waals surface area contributed by atoms with Gasteiger partial charge in [-0.15, -0.1) is 0 Å². The number of ether oxygens (including phenoxy) is 1. The summed E-state index contributed by atoms with van der Waals surface area (Å²) < 4.78 is 56.3. The smallest absolute Gasteiger partial charge is 0.381 e. The van der Waals surface area contributed by atoms with E-state index >= 15 is 0 Å². The summed E-state index contributed by atoms with van der Waals surface area (Å²) >= 11 is 0. The summed E-state index contributed by atoms with van der Waals surface area (Å²) in [5, 5.41) is 3.24. The number of nitrogens with one attached hydrogen (secondary N) is 1. The number of hydrogen-bond acceptors (Lipinski definition) is 2. The monoisotopic (exact) mass is 291 g/mol. The van der Waals surface area contributed by atoms with Crippen LogP contribution in [0.1, 0.15) is 30.9 Å². The zero-order valence-corrected chi connectivity index (χ0v) is 11.2. The molecule has 1 fully saturated rings. The van der Waals surface area contributed by atoms with Crippen molar-refractivity contribution < 1.29 is 22.3 Å². The molecule has 0 bridgehead atoms. The highest BCUT2D eigenvalue weighted by molar-refractivity contribution is 5.27. The highest BCUT2D eigenvalue weighted by atomic mass is 19.4. The van der Waals surface area contributed by atoms with Crippen molar-refractivity contribution in [3.63, 3.8) is 0 Å². The number of alkyl halides is 3. The number of benzene rings is 1. The quantitative estimate of drug-likeness (QED) is 0.861. The normalized spacial score (nSPS) is 19.1. The van der Waals surface area contributed by atoms with Crippen molar-refractivity contribution in [3.8, 4) is 0 Å². The van der Waals surface area contributed by atoms with Crippen LogP contribution in [0.5, 0.6) is 0 Å². The van der Waals surface area contributed by atoms with Crippen LogP contribution >= 0.6 is 0 Å². The van der Waals surface area contributed by atoms with E-state index in [4.69, 9.17) is 4.74 Å². The predicted octanol–water partition coefficient (Wildman–Crippen LogP) is 3.50. The Bertz CT molecular complexity index is 467. The Morgan fingerprint density at radius 2 is 1.90 bits per heavy atom. The van der Waals surface area contributed by atoms with Crippen molar-refractivity contribution in [1.29, 1.82) is 0 Å². The van der Waals surface area contributed by atoms with Crippen LogP contribution < -0.4 is 5.32 Å². The third-order valence-electron chi connectivity index (χ3n) is 3.65. The molecule has 1 saturated heterocycles. The summed E-state index contributed by atoms with van der Waals surface area (Å²) in [6, 6.07) is 3.11. The van der Waals surface area contributed by atoms with Gasteiger partial charge in [-0.05, 0) is 37.5 Å². The van der Waals surface area contributed by atoms with Gasteiger partial charge in [-0.2, -0.15) is 13.2 Å². The van der Waals surface area contributed by atoms with Gasteiger partial charge in [0.1, 0.15) is 5.82 Å². The Kier molecular flexibility index (Phi) is 4.34. The first-order chi connectivity index (χ1) is 9.30. The van der Waals surface area contributed by atoms with Crippen LogP contribution in [0.4, 0.5) is 17.6 Å². The van der Waals surface area contributed by atoms with E-state index in [9.17, 15) is 17.6 Å². The maximum absolute atomic E-state index is 13.2. The molecule has 0 aliphatic carbocycles. The zero-order chi connectivity index (χ0) is 14.8. The fourth-order valence-corrected chi connectivity index (χ4v) is 2.21. The van der Waals surface area contributed by atoms with Crippen LogP contribution in [-0.2, 0) is 17.5 Å². The van der Waals surface area contributed by atoms with Gasteiger partial charge in [0.15, 0.2) is 0 Å². The molecule has 0 spiro atoms. The van der Waals surface area contributed by atoms with Gasteiger partial charge in [0.2, 0.25) is 0 Å². The molecule has 6 heteroatoms. The van der Waals surface area contributed by atoms with Crippen molar-refractivity contribution >= 4 is 0 Å². The molecule has 0 unspecified atom stereocenters. The number of hydrogen-bond donors (Lipinski definition) is 1. The van der Waals surface area contributed by atoms with Gasteiger partial charge in [-0.25, -0.2) is 4.39 Å². The average molecular weight is 291 g/mol. The van der Waals surface area contributed by atoms with Gasteiger partial charge >= 0.3 is 6.18 Å². The second-order valence-corrected chi connectivity index (χ2v) is 5.34. The summed E-state index contributed by atoms with van der Waals surface area (Å²) in [6.45, 7) is 3.57. The highest BCUT2D eigenvalue weighted by Crippen LogP contribution is 2.32. The maximum atomic E-state index is 13.2. The fraction of sp³-hybridized carbons (Fsp3) is 0.571. The SMILES string of the molecule is CC1(NCc2ccc(F)c(C(F)(F)F)c2)CCOCC1. The Morgan fingerprint density at radius 1 is 1.25 bits per heavy atom. The number of halogens is 4. The lowest BCUT2D eigenvalue weighted by Crippen LogP contribution is -2.46. The lowest BCUT2D eigenvalue weighted by atomic mass is 9.92. The summed E-state index contributed by atoms with van der Waals surface area (Å²) in [5.74, 6) is -1.24. The van der Waals surface area contributed by atoms with E-state index in [0.29, 0.717) is 18.8 Å². The molecule has 0 aromatic heterocycles. The molecule has 1 N–H and O–H groups in total. The van der Waals surface area contributed by atoms with E-state index in [0.717, 1.165) is 25.0 Å². The van der Waals surface area contributed by atoms with Gasteiger partial charge in [-0.3, -0.25) is 0 Å². The van der Waals surface area contributed by atoms with Crippen molar-refractivity contribution in [3.05, 3.63) is 35.1 Å². The van der Waals surface area contributed by atoms with E-state index in [1.54, 1.807) is 0 Å². The van der Waals surface area contributed by atoms with Crippen molar-refractivity contribution in [1.82, 2.24) is 5.32 Å². The third kappa shape index (κ3) is 3.70. The van der Waals surface area contributed by atoms with E-state index in [2.05, 4.69) is 5.32 Å². The van der Waals surface area contributed by atoms with E-state index < -0.39 is 17.6 Å². The van der Waals surface area contributed by atoms with E-state index in [-0.39, 0.29) is 12.1 Å². The van der Waals surface area contributed by atoms with Crippen LogP contribution in [0.25, 0.3) is 0 Å². The lowest BCUT2D eigenvalue weighted by molar-refractivity contribution is -0.140.